The maximum atomic E-state index is 9.72. The molecule has 0 radical (unpaired) electrons. The zero-order valence-electron chi connectivity index (χ0n) is 9.85. The summed E-state index contributed by atoms with van der Waals surface area (Å²) in [6.45, 7) is 4.86. The lowest BCUT2D eigenvalue weighted by Gasteiger charge is -2.09. The molecule has 1 heterocycles. The van der Waals surface area contributed by atoms with Crippen molar-refractivity contribution in [3.05, 3.63) is 30.1 Å². The number of aromatic nitrogens is 2. The third kappa shape index (κ3) is 1.95. The average molecular weight is 218 g/mol. The van der Waals surface area contributed by atoms with Crippen LogP contribution in [0.3, 0.4) is 0 Å². The molecule has 0 bridgehead atoms. The minimum absolute atomic E-state index is 0.510. The van der Waals surface area contributed by atoms with Crippen molar-refractivity contribution < 1.29 is 5.11 Å². The standard InChI is InChI=1S/C13H18N2O/c1-3-4-9-15-12-8-6-5-7-11(12)14-13(15)10(2)16/h5-8,10,16H,3-4,9H2,1-2H3/t10-/m1/s1. The summed E-state index contributed by atoms with van der Waals surface area (Å²) in [7, 11) is 0. The predicted octanol–water partition coefficient (Wildman–Crippen LogP) is 2.89. The van der Waals surface area contributed by atoms with Gasteiger partial charge in [0.05, 0.1) is 11.0 Å². The fourth-order valence-corrected chi connectivity index (χ4v) is 1.96. The van der Waals surface area contributed by atoms with E-state index in [0.717, 1.165) is 36.2 Å². The first-order chi connectivity index (χ1) is 7.74. The molecule has 0 amide bonds. The average Bonchev–Trinajstić information content (AvgIpc) is 2.65. The van der Waals surface area contributed by atoms with E-state index < -0.39 is 6.10 Å². The molecule has 86 valence electrons. The Hall–Kier alpha value is -1.35. The molecule has 3 heteroatoms. The molecule has 2 rings (SSSR count). The van der Waals surface area contributed by atoms with Crippen LogP contribution in [0.2, 0.25) is 0 Å². The number of aliphatic hydroxyl groups excluding tert-OH is 1. The lowest BCUT2D eigenvalue weighted by atomic mass is 10.3. The monoisotopic (exact) mass is 218 g/mol. The molecule has 0 aliphatic heterocycles. The van der Waals surface area contributed by atoms with Gasteiger partial charge in [-0.25, -0.2) is 4.98 Å². The van der Waals surface area contributed by atoms with Crippen molar-refractivity contribution in [3.8, 4) is 0 Å². The molecule has 0 aliphatic rings. The fraction of sp³-hybridized carbons (Fsp3) is 0.462. The van der Waals surface area contributed by atoms with Crippen molar-refractivity contribution in [3.63, 3.8) is 0 Å². The molecule has 0 saturated carbocycles. The maximum absolute atomic E-state index is 9.72. The van der Waals surface area contributed by atoms with Crippen LogP contribution in [0, 0.1) is 0 Å². The van der Waals surface area contributed by atoms with E-state index in [-0.39, 0.29) is 0 Å². The Bertz CT molecular complexity index is 474. The number of nitrogens with zero attached hydrogens (tertiary/aromatic N) is 2. The second-order valence-corrected chi connectivity index (χ2v) is 4.14. The number of unbranched alkanes of at least 4 members (excludes halogenated alkanes) is 1. The summed E-state index contributed by atoms with van der Waals surface area (Å²) in [4.78, 5) is 4.48. The summed E-state index contributed by atoms with van der Waals surface area (Å²) in [5.74, 6) is 0.773. The summed E-state index contributed by atoms with van der Waals surface area (Å²) >= 11 is 0. The van der Waals surface area contributed by atoms with Gasteiger partial charge in [-0.3, -0.25) is 0 Å². The van der Waals surface area contributed by atoms with Crippen molar-refractivity contribution in [1.82, 2.24) is 9.55 Å². The number of imidazole rings is 1. The van der Waals surface area contributed by atoms with Gasteiger partial charge in [0.2, 0.25) is 0 Å². The first-order valence-electron chi connectivity index (χ1n) is 5.87. The van der Waals surface area contributed by atoms with E-state index >= 15 is 0 Å². The third-order valence-corrected chi connectivity index (χ3v) is 2.79. The highest BCUT2D eigenvalue weighted by Gasteiger charge is 2.13. The summed E-state index contributed by atoms with van der Waals surface area (Å²) in [5.41, 5.74) is 2.08. The largest absolute Gasteiger partial charge is 0.385 e. The van der Waals surface area contributed by atoms with Crippen LogP contribution in [0.15, 0.2) is 24.3 Å². The van der Waals surface area contributed by atoms with Crippen LogP contribution < -0.4 is 0 Å². The molecule has 0 fully saturated rings. The molecule has 0 saturated heterocycles. The van der Waals surface area contributed by atoms with Crippen molar-refractivity contribution in [2.75, 3.05) is 0 Å². The van der Waals surface area contributed by atoms with Gasteiger partial charge < -0.3 is 9.67 Å². The summed E-state index contributed by atoms with van der Waals surface area (Å²) < 4.78 is 2.13. The van der Waals surface area contributed by atoms with E-state index in [4.69, 9.17) is 0 Å². The van der Waals surface area contributed by atoms with Gasteiger partial charge >= 0.3 is 0 Å². The number of para-hydroxylation sites is 2. The molecule has 16 heavy (non-hydrogen) atoms. The van der Waals surface area contributed by atoms with E-state index in [9.17, 15) is 5.11 Å². The first-order valence-corrected chi connectivity index (χ1v) is 5.87. The van der Waals surface area contributed by atoms with Crippen molar-refractivity contribution in [2.45, 2.75) is 39.3 Å². The molecule has 1 aromatic carbocycles. The molecule has 0 aliphatic carbocycles. The molecule has 0 unspecified atom stereocenters. The van der Waals surface area contributed by atoms with Crippen molar-refractivity contribution in [1.29, 1.82) is 0 Å². The lowest BCUT2D eigenvalue weighted by Crippen LogP contribution is -2.06. The second-order valence-electron chi connectivity index (χ2n) is 4.14. The predicted molar refractivity (Wildman–Crippen MR) is 65.3 cm³/mol. The lowest BCUT2D eigenvalue weighted by molar-refractivity contribution is 0.184. The van der Waals surface area contributed by atoms with E-state index in [1.807, 2.05) is 18.2 Å². The van der Waals surface area contributed by atoms with Gasteiger partial charge in [0.1, 0.15) is 11.9 Å². The molecular formula is C13H18N2O. The minimum atomic E-state index is -0.510. The second kappa shape index (κ2) is 4.66. The van der Waals surface area contributed by atoms with Crippen LogP contribution >= 0.6 is 0 Å². The number of hydrogen-bond acceptors (Lipinski definition) is 2. The number of hydrogen-bond donors (Lipinski definition) is 1. The normalized spacial score (nSPS) is 13.2. The highest BCUT2D eigenvalue weighted by molar-refractivity contribution is 5.75. The molecule has 1 aromatic heterocycles. The van der Waals surface area contributed by atoms with Gasteiger partial charge in [0.15, 0.2) is 0 Å². The smallest absolute Gasteiger partial charge is 0.138 e. The Morgan fingerprint density at radius 1 is 1.38 bits per heavy atom. The zero-order chi connectivity index (χ0) is 11.5. The SMILES string of the molecule is CCCCn1c([C@@H](C)O)nc2ccccc21. The highest BCUT2D eigenvalue weighted by Crippen LogP contribution is 2.21. The van der Waals surface area contributed by atoms with Gasteiger partial charge in [0.25, 0.3) is 0 Å². The highest BCUT2D eigenvalue weighted by atomic mass is 16.3. The van der Waals surface area contributed by atoms with Crippen LogP contribution in [-0.2, 0) is 6.54 Å². The Morgan fingerprint density at radius 2 is 2.12 bits per heavy atom. The zero-order valence-corrected chi connectivity index (χ0v) is 9.85. The third-order valence-electron chi connectivity index (χ3n) is 2.79. The van der Waals surface area contributed by atoms with Crippen LogP contribution in [0.4, 0.5) is 0 Å². The van der Waals surface area contributed by atoms with E-state index in [1.165, 1.54) is 0 Å². The first kappa shape index (κ1) is 11.1. The number of rotatable bonds is 4. The van der Waals surface area contributed by atoms with Crippen LogP contribution in [-0.4, -0.2) is 14.7 Å². The van der Waals surface area contributed by atoms with Gasteiger partial charge in [-0.15, -0.1) is 0 Å². The minimum Gasteiger partial charge on any atom is -0.385 e. The van der Waals surface area contributed by atoms with Crippen LogP contribution in [0.25, 0.3) is 11.0 Å². The molecular weight excluding hydrogens is 200 g/mol. The van der Waals surface area contributed by atoms with Gasteiger partial charge in [-0.05, 0) is 25.5 Å². The van der Waals surface area contributed by atoms with Crippen molar-refractivity contribution >= 4 is 11.0 Å². The summed E-state index contributed by atoms with van der Waals surface area (Å²) in [6.07, 6.45) is 1.75. The molecule has 1 N–H and O–H groups in total. The van der Waals surface area contributed by atoms with Gasteiger partial charge in [-0.2, -0.15) is 0 Å². The van der Waals surface area contributed by atoms with Gasteiger partial charge in [-0.1, -0.05) is 25.5 Å². The Balaban J connectivity index is 2.51. The Morgan fingerprint density at radius 3 is 2.81 bits per heavy atom. The van der Waals surface area contributed by atoms with E-state index in [2.05, 4.69) is 22.5 Å². The molecule has 1 atom stereocenters. The van der Waals surface area contributed by atoms with Crippen molar-refractivity contribution in [2.24, 2.45) is 0 Å². The Labute approximate surface area is 95.7 Å². The quantitative estimate of drug-likeness (QED) is 0.856. The number of benzene rings is 1. The number of aryl methyl sites for hydroxylation is 1. The van der Waals surface area contributed by atoms with E-state index in [0.29, 0.717) is 0 Å². The topological polar surface area (TPSA) is 38.0 Å². The number of aliphatic hydroxyl groups is 1. The fourth-order valence-electron chi connectivity index (χ4n) is 1.96. The Kier molecular flexibility index (Phi) is 3.25. The summed E-state index contributed by atoms with van der Waals surface area (Å²) in [5, 5.41) is 9.72. The summed E-state index contributed by atoms with van der Waals surface area (Å²) in [6, 6.07) is 8.04. The molecule has 2 aromatic rings. The van der Waals surface area contributed by atoms with Gasteiger partial charge in [0, 0.05) is 6.54 Å². The molecule has 0 spiro atoms. The maximum Gasteiger partial charge on any atom is 0.138 e. The molecule has 3 nitrogen and oxygen atoms in total. The number of fused-ring (bicyclic) bond motifs is 1. The van der Waals surface area contributed by atoms with Crippen LogP contribution in [0.5, 0.6) is 0 Å². The van der Waals surface area contributed by atoms with Crippen LogP contribution in [0.1, 0.15) is 38.6 Å². The van der Waals surface area contributed by atoms with E-state index in [1.54, 1.807) is 6.92 Å².